The number of pyridine rings is 1. The molecule has 242 valence electrons. The van der Waals surface area contributed by atoms with E-state index in [1.807, 2.05) is 49.0 Å². The first-order chi connectivity index (χ1) is 21.1. The molecule has 2 atom stereocenters. The van der Waals surface area contributed by atoms with Crippen molar-refractivity contribution >= 4 is 34.9 Å². The van der Waals surface area contributed by atoms with Crippen LogP contribution in [0, 0.1) is 25.7 Å². The Morgan fingerprint density at radius 2 is 1.82 bits per heavy atom. The first kappa shape index (κ1) is 32.5. The standard InChI is InChI=1S/C33H41F3N6O3/c1-20-9-7-11-26-29(20)40(12-8-10-23-17-41(18-23)31(44)21(2)16-38(4)5)19-24-14-28(43)42(30(24)32(45)39(26)6)27-15-25(33(34,35)36)13-22(3)37-27/h7,9,11,13,15,23-24,30H,2,8,10,12,14,16-19H2,1,3-6H3/t24-,30+/m1/s1. The van der Waals surface area contributed by atoms with Gasteiger partial charge in [-0.15, -0.1) is 0 Å². The number of likely N-dealkylation sites (tertiary alicyclic amines) is 1. The number of hydrogen-bond donors (Lipinski definition) is 0. The zero-order valence-electron chi connectivity index (χ0n) is 26.5. The molecule has 1 aromatic heterocycles. The van der Waals surface area contributed by atoms with Crippen LogP contribution in [-0.2, 0) is 20.6 Å². The van der Waals surface area contributed by atoms with Gasteiger partial charge in [-0.1, -0.05) is 18.7 Å². The molecule has 5 rings (SSSR count). The number of hydrogen-bond acceptors (Lipinski definition) is 6. The quantitative estimate of drug-likeness (QED) is 0.408. The zero-order chi connectivity index (χ0) is 32.8. The van der Waals surface area contributed by atoms with E-state index >= 15 is 0 Å². The second-order valence-electron chi connectivity index (χ2n) is 12.9. The van der Waals surface area contributed by atoms with Crippen molar-refractivity contribution in [2.24, 2.45) is 11.8 Å². The van der Waals surface area contributed by atoms with E-state index in [2.05, 4.69) is 16.5 Å². The number of likely N-dealkylation sites (N-methyl/N-ethyl adjacent to an activating group) is 2. The van der Waals surface area contributed by atoms with E-state index in [0.29, 0.717) is 49.9 Å². The summed E-state index contributed by atoms with van der Waals surface area (Å²) in [6.45, 7) is 10.3. The number of halogens is 3. The molecule has 3 aliphatic heterocycles. The van der Waals surface area contributed by atoms with Crippen LogP contribution in [0.25, 0.3) is 0 Å². The highest BCUT2D eigenvalue weighted by Crippen LogP contribution is 2.41. The van der Waals surface area contributed by atoms with Gasteiger partial charge in [-0.3, -0.25) is 19.3 Å². The van der Waals surface area contributed by atoms with Crippen molar-refractivity contribution in [3.05, 3.63) is 59.3 Å². The number of benzene rings is 1. The predicted octanol–water partition coefficient (Wildman–Crippen LogP) is 4.28. The maximum Gasteiger partial charge on any atom is 0.416 e. The first-order valence-electron chi connectivity index (χ1n) is 15.3. The molecule has 1 aromatic carbocycles. The molecule has 0 radical (unpaired) electrons. The number of aromatic nitrogens is 1. The Morgan fingerprint density at radius 3 is 2.49 bits per heavy atom. The SMILES string of the molecule is C=C(CN(C)C)C(=O)N1CC(CCCN2C[C@H]3CC(=O)N(c4cc(C(F)(F)F)cc(C)n4)[C@@H]3C(=O)N(C)c3cccc(C)c32)C1. The third kappa shape index (κ3) is 6.56. The summed E-state index contributed by atoms with van der Waals surface area (Å²) < 4.78 is 41.1. The van der Waals surface area contributed by atoms with Gasteiger partial charge in [-0.05, 0) is 70.5 Å². The lowest BCUT2D eigenvalue weighted by Crippen LogP contribution is -2.53. The minimum absolute atomic E-state index is 0.00655. The van der Waals surface area contributed by atoms with Crippen LogP contribution in [0.5, 0.6) is 0 Å². The van der Waals surface area contributed by atoms with Crippen molar-refractivity contribution in [1.29, 1.82) is 0 Å². The Bertz CT molecular complexity index is 1500. The van der Waals surface area contributed by atoms with Crippen molar-refractivity contribution < 1.29 is 27.6 Å². The summed E-state index contributed by atoms with van der Waals surface area (Å²) in [4.78, 5) is 53.1. The fourth-order valence-corrected chi connectivity index (χ4v) is 6.87. The van der Waals surface area contributed by atoms with E-state index in [0.717, 1.165) is 36.2 Å². The van der Waals surface area contributed by atoms with Crippen LogP contribution in [0.1, 0.15) is 36.1 Å². The normalized spacial score (nSPS) is 20.6. The minimum Gasteiger partial charge on any atom is -0.369 e. The van der Waals surface area contributed by atoms with Gasteiger partial charge in [0, 0.05) is 63.4 Å². The second kappa shape index (κ2) is 12.5. The average molecular weight is 627 g/mol. The van der Waals surface area contributed by atoms with Gasteiger partial charge in [0.05, 0.1) is 16.9 Å². The van der Waals surface area contributed by atoms with Gasteiger partial charge in [0.2, 0.25) is 11.8 Å². The lowest BCUT2D eigenvalue weighted by atomic mass is 9.92. The summed E-state index contributed by atoms with van der Waals surface area (Å²) in [6.07, 6.45) is -2.86. The molecule has 0 unspecified atom stereocenters. The Kier molecular flexibility index (Phi) is 8.99. The number of para-hydroxylation sites is 1. The topological polar surface area (TPSA) is 80.3 Å². The fraction of sp³-hybridized carbons (Fsp3) is 0.515. The Balaban J connectivity index is 1.36. The van der Waals surface area contributed by atoms with E-state index in [4.69, 9.17) is 0 Å². The summed E-state index contributed by atoms with van der Waals surface area (Å²) in [5.74, 6) is -1.01. The van der Waals surface area contributed by atoms with Gasteiger partial charge in [0.25, 0.3) is 5.91 Å². The summed E-state index contributed by atoms with van der Waals surface area (Å²) in [5, 5.41) is 0. The number of nitrogens with zero attached hydrogens (tertiary/aromatic N) is 6. The first-order valence-corrected chi connectivity index (χ1v) is 15.3. The zero-order valence-corrected chi connectivity index (χ0v) is 26.5. The van der Waals surface area contributed by atoms with Gasteiger partial charge >= 0.3 is 6.18 Å². The minimum atomic E-state index is -4.62. The third-order valence-corrected chi connectivity index (χ3v) is 8.97. The summed E-state index contributed by atoms with van der Waals surface area (Å²) >= 11 is 0. The number of fused-ring (bicyclic) bond motifs is 2. The van der Waals surface area contributed by atoms with E-state index in [9.17, 15) is 27.6 Å². The molecule has 0 aliphatic carbocycles. The number of rotatable bonds is 8. The molecule has 2 fully saturated rings. The highest BCUT2D eigenvalue weighted by atomic mass is 19.4. The monoisotopic (exact) mass is 626 g/mol. The van der Waals surface area contributed by atoms with Gasteiger partial charge in [0.15, 0.2) is 0 Å². The maximum absolute atomic E-state index is 14.0. The second-order valence-corrected chi connectivity index (χ2v) is 12.9. The Labute approximate surface area is 262 Å². The number of alkyl halides is 3. The van der Waals surface area contributed by atoms with Crippen LogP contribution >= 0.6 is 0 Å². The summed E-state index contributed by atoms with van der Waals surface area (Å²) in [6, 6.07) is 6.52. The molecule has 0 spiro atoms. The molecule has 45 heavy (non-hydrogen) atoms. The molecule has 12 heteroatoms. The lowest BCUT2D eigenvalue weighted by molar-refractivity contribution is -0.137. The predicted molar refractivity (Wildman–Crippen MR) is 167 cm³/mol. The smallest absolute Gasteiger partial charge is 0.369 e. The van der Waals surface area contributed by atoms with Crippen molar-refractivity contribution in [2.75, 3.05) is 68.6 Å². The van der Waals surface area contributed by atoms with Gasteiger partial charge in [0.1, 0.15) is 11.9 Å². The van der Waals surface area contributed by atoms with E-state index in [-0.39, 0.29) is 29.7 Å². The van der Waals surface area contributed by atoms with Crippen LogP contribution in [0.3, 0.4) is 0 Å². The van der Waals surface area contributed by atoms with Crippen LogP contribution < -0.4 is 14.7 Å². The van der Waals surface area contributed by atoms with Crippen molar-refractivity contribution in [3.63, 3.8) is 0 Å². The highest BCUT2D eigenvalue weighted by Gasteiger charge is 2.49. The van der Waals surface area contributed by atoms with Crippen molar-refractivity contribution in [1.82, 2.24) is 14.8 Å². The largest absolute Gasteiger partial charge is 0.416 e. The lowest BCUT2D eigenvalue weighted by Gasteiger charge is -2.41. The molecular weight excluding hydrogens is 585 g/mol. The van der Waals surface area contributed by atoms with Gasteiger partial charge in [-0.2, -0.15) is 13.2 Å². The highest BCUT2D eigenvalue weighted by molar-refractivity contribution is 6.10. The molecular formula is C33H41F3N6O3. The van der Waals surface area contributed by atoms with Crippen LogP contribution in [0.2, 0.25) is 0 Å². The molecule has 2 aromatic rings. The number of carbonyl (C=O) groups is 3. The third-order valence-electron chi connectivity index (χ3n) is 8.97. The van der Waals surface area contributed by atoms with Crippen LogP contribution in [0.15, 0.2) is 42.5 Å². The van der Waals surface area contributed by atoms with E-state index in [1.54, 1.807) is 7.05 Å². The number of anilines is 3. The maximum atomic E-state index is 14.0. The van der Waals surface area contributed by atoms with Gasteiger partial charge in [-0.25, -0.2) is 4.98 Å². The summed E-state index contributed by atoms with van der Waals surface area (Å²) in [7, 11) is 5.46. The summed E-state index contributed by atoms with van der Waals surface area (Å²) in [5.41, 5.74) is 2.37. The van der Waals surface area contributed by atoms with Crippen LogP contribution in [0.4, 0.5) is 30.4 Å². The number of carbonyl (C=O) groups excluding carboxylic acids is 3. The number of amides is 3. The van der Waals surface area contributed by atoms with Gasteiger partial charge < -0.3 is 19.6 Å². The molecule has 4 heterocycles. The van der Waals surface area contributed by atoms with Crippen LogP contribution in [-0.4, -0.2) is 92.4 Å². The Hall–Kier alpha value is -3.93. The van der Waals surface area contributed by atoms with Crippen molar-refractivity contribution in [2.45, 2.75) is 45.3 Å². The van der Waals surface area contributed by atoms with Crippen molar-refractivity contribution in [3.8, 4) is 0 Å². The molecule has 0 bridgehead atoms. The molecule has 3 amide bonds. The van der Waals surface area contributed by atoms with E-state index in [1.165, 1.54) is 16.7 Å². The van der Waals surface area contributed by atoms with E-state index < -0.39 is 29.6 Å². The molecule has 0 N–H and O–H groups in total. The molecule has 3 aliphatic rings. The average Bonchev–Trinajstić information content (AvgIpc) is 3.25. The molecule has 0 saturated carbocycles. The fourth-order valence-electron chi connectivity index (χ4n) is 6.87. The molecule has 2 saturated heterocycles. The number of aryl methyl sites for hydroxylation is 2. The molecule has 9 nitrogen and oxygen atoms in total. The Morgan fingerprint density at radius 1 is 1.11 bits per heavy atom.